The summed E-state index contributed by atoms with van der Waals surface area (Å²) >= 11 is 1.49. The number of thioether (sulfide) groups is 1. The van der Waals surface area contributed by atoms with Crippen molar-refractivity contribution in [3.63, 3.8) is 0 Å². The average Bonchev–Trinajstić information content (AvgIpc) is 3.14. The van der Waals surface area contributed by atoms with Gasteiger partial charge in [0.2, 0.25) is 0 Å². The van der Waals surface area contributed by atoms with Gasteiger partial charge in [-0.1, -0.05) is 49.2 Å². The van der Waals surface area contributed by atoms with E-state index in [1.54, 1.807) is 13.2 Å². The van der Waals surface area contributed by atoms with Gasteiger partial charge in [-0.15, -0.1) is 0 Å². The first kappa shape index (κ1) is 19.7. The van der Waals surface area contributed by atoms with Gasteiger partial charge >= 0.3 is 0 Å². The van der Waals surface area contributed by atoms with Crippen molar-refractivity contribution in [3.05, 3.63) is 88.7 Å². The van der Waals surface area contributed by atoms with E-state index in [1.165, 1.54) is 11.8 Å². The first-order chi connectivity index (χ1) is 12.5. The number of Topliss-reactive ketones (excluding diaryl/α,β-unsaturated/α-hetero) is 1. The minimum absolute atomic E-state index is 0.0567. The van der Waals surface area contributed by atoms with Crippen LogP contribution in [-0.2, 0) is 6.54 Å². The Labute approximate surface area is 159 Å². The number of carbonyl (C=O) groups excluding carboxylic acids is 1. The van der Waals surface area contributed by atoms with E-state index in [-0.39, 0.29) is 5.78 Å². The van der Waals surface area contributed by atoms with Crippen LogP contribution in [-0.4, -0.2) is 12.3 Å². The molecule has 0 aliphatic carbocycles. The Bertz CT molecular complexity index is 807. The van der Waals surface area contributed by atoms with Crippen LogP contribution >= 0.6 is 11.8 Å². The molecule has 0 saturated heterocycles. The van der Waals surface area contributed by atoms with Crippen molar-refractivity contribution in [1.82, 2.24) is 10.6 Å². The molecule has 1 aromatic carbocycles. The molecule has 0 aliphatic heterocycles. The Morgan fingerprint density at radius 2 is 1.96 bits per heavy atom. The molecule has 1 aromatic heterocycles. The van der Waals surface area contributed by atoms with E-state index in [0.717, 1.165) is 27.0 Å². The summed E-state index contributed by atoms with van der Waals surface area (Å²) < 4.78 is 5.28. The van der Waals surface area contributed by atoms with Crippen molar-refractivity contribution >= 4 is 23.2 Å². The van der Waals surface area contributed by atoms with Crippen LogP contribution in [0.25, 0.3) is 5.70 Å². The van der Waals surface area contributed by atoms with Crippen LogP contribution < -0.4 is 10.6 Å². The van der Waals surface area contributed by atoms with Crippen molar-refractivity contribution < 1.29 is 9.21 Å². The molecule has 0 bridgehead atoms. The number of rotatable bonds is 10. The van der Waals surface area contributed by atoms with Crippen LogP contribution in [0.1, 0.15) is 35.5 Å². The third kappa shape index (κ3) is 6.01. The average molecular weight is 369 g/mol. The van der Waals surface area contributed by atoms with Gasteiger partial charge in [0.05, 0.1) is 17.8 Å². The lowest BCUT2D eigenvalue weighted by molar-refractivity contribution is 0.101. The molecule has 0 spiro atoms. The highest BCUT2D eigenvalue weighted by Gasteiger charge is 2.06. The van der Waals surface area contributed by atoms with Gasteiger partial charge < -0.3 is 15.1 Å². The lowest BCUT2D eigenvalue weighted by Gasteiger charge is -2.14. The predicted octanol–water partition coefficient (Wildman–Crippen LogP) is 4.94. The van der Waals surface area contributed by atoms with Crippen molar-refractivity contribution in [1.29, 1.82) is 0 Å². The number of hydrogen-bond donors (Lipinski definition) is 2. The van der Waals surface area contributed by atoms with Gasteiger partial charge in [-0.2, -0.15) is 0 Å². The van der Waals surface area contributed by atoms with E-state index < -0.39 is 0 Å². The predicted molar refractivity (Wildman–Crippen MR) is 110 cm³/mol. The summed E-state index contributed by atoms with van der Waals surface area (Å²) in [5.74, 6) is 0.915. The molecular formula is C21H24N2O2S. The van der Waals surface area contributed by atoms with Crippen LogP contribution in [0, 0.1) is 0 Å². The molecule has 1 heterocycles. The molecule has 0 amide bonds. The van der Waals surface area contributed by atoms with Gasteiger partial charge in [-0.05, 0) is 37.6 Å². The van der Waals surface area contributed by atoms with Crippen LogP contribution in [0.3, 0.4) is 0 Å². The summed E-state index contributed by atoms with van der Waals surface area (Å²) in [5, 5.41) is 7.39. The van der Waals surface area contributed by atoms with E-state index in [0.29, 0.717) is 18.7 Å². The quantitative estimate of drug-likeness (QED) is 0.582. The third-order valence-corrected chi connectivity index (χ3v) is 4.48. The number of furan rings is 1. The maximum Gasteiger partial charge on any atom is 0.159 e. The SMILES string of the molecule is C=C(CN/C(=C\C)c1cccc(C(C)=O)c1)SC(=C)NCc1ccco1. The van der Waals surface area contributed by atoms with Gasteiger partial charge in [0.15, 0.2) is 5.78 Å². The number of nitrogens with one attached hydrogen (secondary N) is 2. The molecule has 0 aliphatic rings. The molecule has 2 N–H and O–H groups in total. The molecule has 0 unspecified atom stereocenters. The smallest absolute Gasteiger partial charge is 0.159 e. The standard InChI is InChI=1S/C21H24N2O2S/c1-5-21(19-9-6-8-18(12-19)16(3)24)23-13-15(2)26-17(4)22-14-20-10-7-11-25-20/h5-12,22-23H,2,4,13-14H2,1,3H3/b21-5-. The molecule has 0 atom stereocenters. The molecule has 4 nitrogen and oxygen atoms in total. The van der Waals surface area contributed by atoms with E-state index in [4.69, 9.17) is 4.42 Å². The lowest BCUT2D eigenvalue weighted by Crippen LogP contribution is -2.16. The summed E-state index contributed by atoms with van der Waals surface area (Å²) in [6.07, 6.45) is 3.64. The van der Waals surface area contributed by atoms with Gasteiger partial charge in [0, 0.05) is 22.7 Å². The fraction of sp³-hybridized carbons (Fsp3) is 0.190. The molecule has 0 radical (unpaired) electrons. The fourth-order valence-electron chi connectivity index (χ4n) is 2.32. The van der Waals surface area contributed by atoms with E-state index in [1.807, 2.05) is 49.4 Å². The number of ketones is 1. The maximum atomic E-state index is 11.6. The summed E-state index contributed by atoms with van der Waals surface area (Å²) in [6.45, 7) is 12.8. The maximum absolute atomic E-state index is 11.6. The largest absolute Gasteiger partial charge is 0.467 e. The second kappa shape index (κ2) is 9.73. The zero-order valence-corrected chi connectivity index (χ0v) is 16.0. The monoisotopic (exact) mass is 368 g/mol. The molecule has 5 heteroatoms. The number of carbonyl (C=O) groups is 1. The molecular weight excluding hydrogens is 344 g/mol. The summed E-state index contributed by atoms with van der Waals surface area (Å²) in [6, 6.07) is 11.4. The van der Waals surface area contributed by atoms with Gasteiger partial charge in [0.25, 0.3) is 0 Å². The lowest BCUT2D eigenvalue weighted by atomic mass is 10.1. The first-order valence-corrected chi connectivity index (χ1v) is 9.13. The second-order valence-electron chi connectivity index (χ2n) is 5.69. The minimum atomic E-state index is 0.0567. The Morgan fingerprint density at radius 1 is 1.19 bits per heavy atom. The topological polar surface area (TPSA) is 54.3 Å². The molecule has 0 saturated carbocycles. The van der Waals surface area contributed by atoms with Crippen molar-refractivity contribution in [2.24, 2.45) is 0 Å². The molecule has 136 valence electrons. The highest BCUT2D eigenvalue weighted by Crippen LogP contribution is 2.21. The molecule has 0 fully saturated rings. The highest BCUT2D eigenvalue weighted by molar-refractivity contribution is 8.06. The summed E-state index contributed by atoms with van der Waals surface area (Å²) in [4.78, 5) is 12.5. The highest BCUT2D eigenvalue weighted by atomic mass is 32.2. The third-order valence-electron chi connectivity index (χ3n) is 3.65. The Hall–Kier alpha value is -2.66. The van der Waals surface area contributed by atoms with Crippen molar-refractivity contribution in [2.45, 2.75) is 20.4 Å². The fourth-order valence-corrected chi connectivity index (χ4v) is 2.95. The molecule has 2 aromatic rings. The van der Waals surface area contributed by atoms with Crippen LogP contribution in [0.5, 0.6) is 0 Å². The summed E-state index contributed by atoms with van der Waals surface area (Å²) in [5.41, 5.74) is 2.64. The normalized spacial score (nSPS) is 11.1. The van der Waals surface area contributed by atoms with Gasteiger partial charge in [0.1, 0.15) is 5.76 Å². The number of hydrogen-bond acceptors (Lipinski definition) is 5. The number of allylic oxidation sites excluding steroid dienone is 1. The Morgan fingerprint density at radius 3 is 2.62 bits per heavy atom. The minimum Gasteiger partial charge on any atom is -0.467 e. The van der Waals surface area contributed by atoms with Crippen LogP contribution in [0.15, 0.2) is 76.2 Å². The van der Waals surface area contributed by atoms with Crippen LogP contribution in [0.2, 0.25) is 0 Å². The first-order valence-electron chi connectivity index (χ1n) is 8.32. The Balaban J connectivity index is 1.84. The summed E-state index contributed by atoms with van der Waals surface area (Å²) in [7, 11) is 0. The Kier molecular flexibility index (Phi) is 7.36. The number of benzene rings is 1. The second-order valence-corrected chi connectivity index (χ2v) is 6.96. The zero-order valence-electron chi connectivity index (χ0n) is 15.2. The van der Waals surface area contributed by atoms with E-state index in [9.17, 15) is 4.79 Å². The van der Waals surface area contributed by atoms with E-state index >= 15 is 0 Å². The van der Waals surface area contributed by atoms with E-state index in [2.05, 4.69) is 23.8 Å². The van der Waals surface area contributed by atoms with Crippen molar-refractivity contribution in [2.75, 3.05) is 6.54 Å². The van der Waals surface area contributed by atoms with Crippen molar-refractivity contribution in [3.8, 4) is 0 Å². The zero-order chi connectivity index (χ0) is 18.9. The van der Waals surface area contributed by atoms with Gasteiger partial charge in [-0.25, -0.2) is 0 Å². The molecule has 2 rings (SSSR count). The van der Waals surface area contributed by atoms with Gasteiger partial charge in [-0.3, -0.25) is 4.79 Å². The van der Waals surface area contributed by atoms with Crippen LogP contribution in [0.4, 0.5) is 0 Å². The molecule has 26 heavy (non-hydrogen) atoms.